The van der Waals surface area contributed by atoms with Crippen molar-refractivity contribution in [1.29, 1.82) is 0 Å². The molecule has 6 heteroatoms. The maximum atomic E-state index is 13.9. The van der Waals surface area contributed by atoms with Crippen molar-refractivity contribution in [2.75, 3.05) is 11.9 Å². The molecule has 0 aliphatic rings. The smallest absolute Gasteiger partial charge is 0.253 e. The van der Waals surface area contributed by atoms with Crippen molar-refractivity contribution in [3.8, 4) is 12.3 Å². The Morgan fingerprint density at radius 2 is 2.12 bits per heavy atom. The summed E-state index contributed by atoms with van der Waals surface area (Å²) in [7, 11) is 0. The van der Waals surface area contributed by atoms with Gasteiger partial charge in [0.15, 0.2) is 0 Å². The Labute approximate surface area is 139 Å². The van der Waals surface area contributed by atoms with Gasteiger partial charge >= 0.3 is 0 Å². The summed E-state index contributed by atoms with van der Waals surface area (Å²) in [4.78, 5) is 15.9. The molecule has 24 heavy (non-hydrogen) atoms. The molecule has 2 aromatic rings. The van der Waals surface area contributed by atoms with Gasteiger partial charge in [0.2, 0.25) is 0 Å². The van der Waals surface area contributed by atoms with Gasteiger partial charge in [0.1, 0.15) is 17.5 Å². The topological polar surface area (TPSA) is 54.0 Å². The van der Waals surface area contributed by atoms with E-state index in [4.69, 9.17) is 6.42 Å². The van der Waals surface area contributed by atoms with Crippen molar-refractivity contribution in [2.45, 2.75) is 19.4 Å². The normalized spacial score (nSPS) is 11.4. The molecular weight excluding hydrogens is 312 g/mol. The zero-order valence-electron chi connectivity index (χ0n) is 13.1. The second-order valence-electron chi connectivity index (χ2n) is 5.09. The van der Waals surface area contributed by atoms with Gasteiger partial charge in [0, 0.05) is 11.8 Å². The molecule has 0 aliphatic carbocycles. The van der Waals surface area contributed by atoms with Crippen LogP contribution in [-0.4, -0.2) is 17.4 Å². The number of nitrogens with one attached hydrogen (secondary N) is 2. The van der Waals surface area contributed by atoms with Crippen LogP contribution in [-0.2, 0) is 0 Å². The standard InChI is InChI=1S/C18H17F2N3O/c1-3-9-21-18(24)12-5-8-17(22-11-12)23-16(4-2)14-10-13(19)6-7-15(14)20/h1,5-8,10-11,16H,4,9H2,2H3,(H,21,24)(H,22,23). The fraction of sp³-hybridized carbons (Fsp3) is 0.222. The summed E-state index contributed by atoms with van der Waals surface area (Å²) >= 11 is 0. The summed E-state index contributed by atoms with van der Waals surface area (Å²) in [5, 5.41) is 5.57. The van der Waals surface area contributed by atoms with Crippen molar-refractivity contribution < 1.29 is 13.6 Å². The number of carbonyl (C=O) groups excluding carboxylic acids is 1. The molecule has 1 unspecified atom stereocenters. The molecule has 1 heterocycles. The zero-order valence-corrected chi connectivity index (χ0v) is 13.1. The van der Waals surface area contributed by atoms with Crippen LogP contribution in [0.2, 0.25) is 0 Å². The molecule has 1 atom stereocenters. The molecule has 1 amide bonds. The van der Waals surface area contributed by atoms with Crippen molar-refractivity contribution >= 4 is 11.7 Å². The van der Waals surface area contributed by atoms with Crippen LogP contribution in [0.1, 0.15) is 35.3 Å². The summed E-state index contributed by atoms with van der Waals surface area (Å²) in [5.41, 5.74) is 0.593. The van der Waals surface area contributed by atoms with Crippen molar-refractivity contribution in [2.24, 2.45) is 0 Å². The molecular formula is C18H17F2N3O. The Balaban J connectivity index is 2.13. The Bertz CT molecular complexity index is 754. The summed E-state index contributed by atoms with van der Waals surface area (Å²) < 4.78 is 27.3. The number of carbonyl (C=O) groups is 1. The van der Waals surface area contributed by atoms with Gasteiger partial charge in [0.05, 0.1) is 18.2 Å². The first kappa shape index (κ1) is 17.4. The minimum atomic E-state index is -0.500. The number of nitrogens with zero attached hydrogens (tertiary/aromatic N) is 1. The van der Waals surface area contributed by atoms with Crippen molar-refractivity contribution in [3.05, 3.63) is 59.3 Å². The van der Waals surface area contributed by atoms with E-state index in [-0.39, 0.29) is 18.0 Å². The molecule has 2 N–H and O–H groups in total. The maximum Gasteiger partial charge on any atom is 0.253 e. The van der Waals surface area contributed by atoms with Crippen LogP contribution in [0.15, 0.2) is 36.5 Å². The first-order valence-corrected chi connectivity index (χ1v) is 7.44. The van der Waals surface area contributed by atoms with E-state index in [1.165, 1.54) is 6.20 Å². The first-order chi connectivity index (χ1) is 11.5. The molecule has 1 aromatic carbocycles. The third-order valence-electron chi connectivity index (χ3n) is 3.44. The van der Waals surface area contributed by atoms with Gasteiger partial charge in [0.25, 0.3) is 5.91 Å². The molecule has 2 rings (SSSR count). The summed E-state index contributed by atoms with van der Waals surface area (Å²) in [6.45, 7) is 1.99. The molecule has 0 saturated carbocycles. The monoisotopic (exact) mass is 329 g/mol. The molecule has 1 aromatic heterocycles. The van der Waals surface area contributed by atoms with E-state index in [2.05, 4.69) is 21.5 Å². The number of pyridine rings is 1. The Kier molecular flexibility index (Phi) is 5.85. The van der Waals surface area contributed by atoms with Gasteiger partial charge in [-0.3, -0.25) is 4.79 Å². The molecule has 4 nitrogen and oxygen atoms in total. The van der Waals surface area contributed by atoms with Gasteiger partial charge < -0.3 is 10.6 Å². The number of terminal acetylenes is 1. The second-order valence-corrected chi connectivity index (χ2v) is 5.09. The minimum absolute atomic E-state index is 0.135. The van der Waals surface area contributed by atoms with Gasteiger partial charge in [-0.1, -0.05) is 12.8 Å². The highest BCUT2D eigenvalue weighted by atomic mass is 19.1. The van der Waals surface area contributed by atoms with Crippen LogP contribution in [0, 0.1) is 24.0 Å². The maximum absolute atomic E-state index is 13.9. The van der Waals surface area contributed by atoms with Crippen LogP contribution in [0.5, 0.6) is 0 Å². The highest BCUT2D eigenvalue weighted by Crippen LogP contribution is 2.24. The van der Waals surface area contributed by atoms with Gasteiger partial charge in [-0.25, -0.2) is 13.8 Å². The number of rotatable bonds is 6. The van der Waals surface area contributed by atoms with E-state index < -0.39 is 17.7 Å². The largest absolute Gasteiger partial charge is 0.363 e. The van der Waals surface area contributed by atoms with Gasteiger partial charge in [-0.2, -0.15) is 0 Å². The average Bonchev–Trinajstić information content (AvgIpc) is 2.60. The third-order valence-corrected chi connectivity index (χ3v) is 3.44. The fourth-order valence-corrected chi connectivity index (χ4v) is 2.21. The van der Waals surface area contributed by atoms with E-state index in [1.54, 1.807) is 12.1 Å². The van der Waals surface area contributed by atoms with Crippen LogP contribution in [0.3, 0.4) is 0 Å². The van der Waals surface area contributed by atoms with Gasteiger partial charge in [-0.15, -0.1) is 6.42 Å². The Morgan fingerprint density at radius 1 is 1.33 bits per heavy atom. The van der Waals surface area contributed by atoms with E-state index >= 15 is 0 Å². The molecule has 0 bridgehead atoms. The second kappa shape index (κ2) is 8.06. The molecule has 124 valence electrons. The number of amides is 1. The van der Waals surface area contributed by atoms with Crippen LogP contribution >= 0.6 is 0 Å². The third kappa shape index (κ3) is 4.29. The lowest BCUT2D eigenvalue weighted by molar-refractivity contribution is 0.0958. The minimum Gasteiger partial charge on any atom is -0.363 e. The molecule has 0 radical (unpaired) electrons. The van der Waals surface area contributed by atoms with Crippen LogP contribution in [0.4, 0.5) is 14.6 Å². The molecule has 0 saturated heterocycles. The average molecular weight is 329 g/mol. The fourth-order valence-electron chi connectivity index (χ4n) is 2.21. The molecule has 0 fully saturated rings. The van der Waals surface area contributed by atoms with E-state index in [9.17, 15) is 13.6 Å². The van der Waals surface area contributed by atoms with Crippen LogP contribution < -0.4 is 10.6 Å². The van der Waals surface area contributed by atoms with E-state index in [0.717, 1.165) is 18.2 Å². The van der Waals surface area contributed by atoms with Crippen molar-refractivity contribution in [3.63, 3.8) is 0 Å². The lowest BCUT2D eigenvalue weighted by Crippen LogP contribution is -2.23. The van der Waals surface area contributed by atoms with Crippen molar-refractivity contribution in [1.82, 2.24) is 10.3 Å². The number of hydrogen-bond donors (Lipinski definition) is 2. The Hall–Kier alpha value is -2.94. The number of benzene rings is 1. The highest BCUT2D eigenvalue weighted by Gasteiger charge is 2.15. The highest BCUT2D eigenvalue weighted by molar-refractivity contribution is 5.94. The summed E-state index contributed by atoms with van der Waals surface area (Å²) in [6, 6.07) is 6.09. The predicted octanol–water partition coefficient (Wildman–Crippen LogP) is 3.29. The van der Waals surface area contributed by atoms with Gasteiger partial charge in [-0.05, 0) is 36.8 Å². The number of halogens is 2. The quantitative estimate of drug-likeness (QED) is 0.800. The number of aromatic nitrogens is 1. The van der Waals surface area contributed by atoms with E-state index in [1.807, 2.05) is 6.92 Å². The zero-order chi connectivity index (χ0) is 17.5. The Morgan fingerprint density at radius 3 is 2.75 bits per heavy atom. The van der Waals surface area contributed by atoms with E-state index in [0.29, 0.717) is 17.8 Å². The molecule has 0 aliphatic heterocycles. The SMILES string of the molecule is C#CCNC(=O)c1ccc(NC(CC)c2cc(F)ccc2F)nc1. The predicted molar refractivity (Wildman–Crippen MR) is 88.4 cm³/mol. The summed E-state index contributed by atoms with van der Waals surface area (Å²) in [6.07, 6.45) is 7.01. The summed E-state index contributed by atoms with van der Waals surface area (Å²) in [5.74, 6) is 1.46. The molecule has 0 spiro atoms. The lowest BCUT2D eigenvalue weighted by atomic mass is 10.0. The first-order valence-electron chi connectivity index (χ1n) is 7.44. The number of anilines is 1. The number of hydrogen-bond acceptors (Lipinski definition) is 3. The lowest BCUT2D eigenvalue weighted by Gasteiger charge is -2.19. The van der Waals surface area contributed by atoms with Crippen LogP contribution in [0.25, 0.3) is 0 Å².